The molecule has 0 bridgehead atoms. The van der Waals surface area contributed by atoms with Gasteiger partial charge in [-0.3, -0.25) is 4.79 Å². The van der Waals surface area contributed by atoms with Crippen LogP contribution in [0.5, 0.6) is 0 Å². The first-order chi connectivity index (χ1) is 9.58. The molecule has 0 aliphatic heterocycles. The van der Waals surface area contributed by atoms with E-state index in [2.05, 4.69) is 15.5 Å². The lowest BCUT2D eigenvalue weighted by molar-refractivity contribution is 0.0821. The zero-order valence-electron chi connectivity index (χ0n) is 12.2. The van der Waals surface area contributed by atoms with Gasteiger partial charge in [-0.2, -0.15) is 0 Å². The summed E-state index contributed by atoms with van der Waals surface area (Å²) in [4.78, 5) is 13.2. The second-order valence-corrected chi connectivity index (χ2v) is 5.59. The fourth-order valence-corrected chi connectivity index (χ4v) is 2.50. The number of hydrogen-bond donors (Lipinski definition) is 2. The molecular weight excluding hydrogens is 254 g/mol. The van der Waals surface area contributed by atoms with Crippen LogP contribution in [0.3, 0.4) is 0 Å². The Balaban J connectivity index is 1.89. The molecule has 2 rings (SSSR count). The van der Waals surface area contributed by atoms with E-state index in [9.17, 15) is 4.79 Å². The quantitative estimate of drug-likeness (QED) is 0.861. The average molecular weight is 277 g/mol. The van der Waals surface area contributed by atoms with Crippen molar-refractivity contribution >= 4 is 11.7 Å². The molecule has 20 heavy (non-hydrogen) atoms. The van der Waals surface area contributed by atoms with Gasteiger partial charge in [-0.25, -0.2) is 0 Å². The van der Waals surface area contributed by atoms with Gasteiger partial charge in [0.2, 0.25) is 0 Å². The van der Waals surface area contributed by atoms with Crippen molar-refractivity contribution in [2.75, 3.05) is 26.0 Å². The summed E-state index contributed by atoms with van der Waals surface area (Å²) in [6.45, 7) is 0.816. The molecule has 2 atom stereocenters. The minimum atomic E-state index is -0.140. The predicted molar refractivity (Wildman–Crippen MR) is 78.5 cm³/mol. The normalized spacial score (nSPS) is 22.4. The van der Waals surface area contributed by atoms with Crippen LogP contribution in [0, 0.1) is 5.92 Å². The van der Waals surface area contributed by atoms with Gasteiger partial charge in [0.05, 0.1) is 0 Å². The molecule has 1 saturated carbocycles. The highest BCUT2D eigenvalue weighted by molar-refractivity contribution is 5.91. The van der Waals surface area contributed by atoms with Crippen molar-refractivity contribution in [2.45, 2.75) is 31.7 Å². The zero-order valence-corrected chi connectivity index (χ0v) is 12.2. The molecule has 1 aromatic rings. The fraction of sp³-hybridized carbons (Fsp3) is 0.643. The van der Waals surface area contributed by atoms with Crippen LogP contribution in [0.2, 0.25) is 0 Å². The molecule has 0 saturated heterocycles. The molecule has 1 amide bonds. The van der Waals surface area contributed by atoms with Gasteiger partial charge in [-0.1, -0.05) is 12.8 Å². The lowest BCUT2D eigenvalue weighted by atomic mass is 9.85. The molecule has 1 aliphatic rings. The molecule has 110 valence electrons. The number of amides is 1. The van der Waals surface area contributed by atoms with Crippen molar-refractivity contribution in [2.24, 2.45) is 11.7 Å². The minimum Gasteiger partial charge on any atom is -0.368 e. The Kier molecular flexibility index (Phi) is 4.89. The number of hydrogen-bond acceptors (Lipinski definition) is 5. The zero-order chi connectivity index (χ0) is 14.5. The Hall–Kier alpha value is -1.69. The van der Waals surface area contributed by atoms with Crippen molar-refractivity contribution < 1.29 is 4.79 Å². The third kappa shape index (κ3) is 3.66. The number of carbonyl (C=O) groups is 1. The maximum Gasteiger partial charge on any atom is 0.273 e. The molecule has 6 nitrogen and oxygen atoms in total. The van der Waals surface area contributed by atoms with E-state index in [1.807, 2.05) is 0 Å². The predicted octanol–water partition coefficient (Wildman–Crippen LogP) is 1.11. The van der Waals surface area contributed by atoms with E-state index < -0.39 is 0 Å². The molecular formula is C14H23N5O. The van der Waals surface area contributed by atoms with Gasteiger partial charge in [0, 0.05) is 26.7 Å². The molecule has 1 heterocycles. The van der Waals surface area contributed by atoms with Crippen molar-refractivity contribution in [3.63, 3.8) is 0 Å². The van der Waals surface area contributed by atoms with Crippen LogP contribution in [0.1, 0.15) is 36.2 Å². The summed E-state index contributed by atoms with van der Waals surface area (Å²) >= 11 is 0. The van der Waals surface area contributed by atoms with Crippen LogP contribution in [0.4, 0.5) is 5.82 Å². The first-order valence-corrected chi connectivity index (χ1v) is 7.13. The third-order valence-electron chi connectivity index (χ3n) is 3.80. The van der Waals surface area contributed by atoms with Crippen LogP contribution in [0.15, 0.2) is 12.1 Å². The highest BCUT2D eigenvalue weighted by atomic mass is 16.2. The van der Waals surface area contributed by atoms with Crippen LogP contribution in [-0.2, 0) is 0 Å². The molecule has 1 fully saturated rings. The molecule has 0 aromatic carbocycles. The number of carbonyl (C=O) groups excluding carboxylic acids is 1. The van der Waals surface area contributed by atoms with E-state index in [-0.39, 0.29) is 11.9 Å². The van der Waals surface area contributed by atoms with E-state index in [1.165, 1.54) is 24.2 Å². The van der Waals surface area contributed by atoms with Gasteiger partial charge in [0.25, 0.3) is 5.91 Å². The number of aromatic nitrogens is 2. The monoisotopic (exact) mass is 277 g/mol. The Morgan fingerprint density at radius 1 is 1.35 bits per heavy atom. The summed E-state index contributed by atoms with van der Waals surface area (Å²) in [6.07, 6.45) is 4.76. The summed E-state index contributed by atoms with van der Waals surface area (Å²) in [5, 5.41) is 11.3. The van der Waals surface area contributed by atoms with Crippen LogP contribution >= 0.6 is 0 Å². The highest BCUT2D eigenvalue weighted by Gasteiger charge is 2.21. The maximum absolute atomic E-state index is 11.7. The van der Waals surface area contributed by atoms with Crippen LogP contribution < -0.4 is 11.1 Å². The average Bonchev–Trinajstić information content (AvgIpc) is 2.46. The Labute approximate surface area is 119 Å². The summed E-state index contributed by atoms with van der Waals surface area (Å²) < 4.78 is 0. The maximum atomic E-state index is 11.7. The lowest BCUT2D eigenvalue weighted by Gasteiger charge is -2.28. The van der Waals surface area contributed by atoms with Crippen molar-refractivity contribution in [3.8, 4) is 0 Å². The summed E-state index contributed by atoms with van der Waals surface area (Å²) in [5.74, 6) is 1.05. The minimum absolute atomic E-state index is 0.140. The van der Waals surface area contributed by atoms with Gasteiger partial charge >= 0.3 is 0 Å². The summed E-state index contributed by atoms with van der Waals surface area (Å²) in [7, 11) is 3.39. The molecule has 0 spiro atoms. The fourth-order valence-electron chi connectivity index (χ4n) is 2.50. The smallest absolute Gasteiger partial charge is 0.273 e. The number of nitrogens with two attached hydrogens (primary N) is 1. The van der Waals surface area contributed by atoms with E-state index in [0.29, 0.717) is 17.4 Å². The van der Waals surface area contributed by atoms with Crippen molar-refractivity contribution in [1.29, 1.82) is 0 Å². The van der Waals surface area contributed by atoms with Crippen molar-refractivity contribution in [3.05, 3.63) is 17.8 Å². The molecule has 2 unspecified atom stereocenters. The number of nitrogens with one attached hydrogen (secondary N) is 1. The van der Waals surface area contributed by atoms with Gasteiger partial charge in [0.15, 0.2) is 5.69 Å². The SMILES string of the molecule is CN(C)C(=O)c1ccc(NCC2CCCCC2N)nn1. The van der Waals surface area contributed by atoms with Gasteiger partial charge in [-0.15, -0.1) is 10.2 Å². The van der Waals surface area contributed by atoms with Crippen molar-refractivity contribution in [1.82, 2.24) is 15.1 Å². The van der Waals surface area contributed by atoms with E-state index >= 15 is 0 Å². The van der Waals surface area contributed by atoms with Gasteiger partial charge in [0.1, 0.15) is 5.82 Å². The van der Waals surface area contributed by atoms with E-state index in [4.69, 9.17) is 5.73 Å². The Morgan fingerprint density at radius 3 is 2.70 bits per heavy atom. The lowest BCUT2D eigenvalue weighted by Crippen LogP contribution is -2.37. The number of anilines is 1. The van der Waals surface area contributed by atoms with E-state index in [1.54, 1.807) is 26.2 Å². The third-order valence-corrected chi connectivity index (χ3v) is 3.80. The molecule has 0 radical (unpaired) electrons. The Bertz CT molecular complexity index is 445. The topological polar surface area (TPSA) is 84.1 Å². The molecule has 3 N–H and O–H groups in total. The van der Waals surface area contributed by atoms with Gasteiger partial charge in [-0.05, 0) is 30.9 Å². The second kappa shape index (κ2) is 6.65. The number of rotatable bonds is 4. The summed E-state index contributed by atoms with van der Waals surface area (Å²) in [5.41, 5.74) is 6.47. The molecule has 1 aromatic heterocycles. The summed E-state index contributed by atoms with van der Waals surface area (Å²) in [6, 6.07) is 3.76. The van der Waals surface area contributed by atoms with E-state index in [0.717, 1.165) is 13.0 Å². The molecule has 6 heteroatoms. The largest absolute Gasteiger partial charge is 0.368 e. The number of nitrogens with zero attached hydrogens (tertiary/aromatic N) is 3. The highest BCUT2D eigenvalue weighted by Crippen LogP contribution is 2.23. The standard InChI is InChI=1S/C14H23N5O/c1-19(2)14(20)12-7-8-13(18-17-12)16-9-10-5-3-4-6-11(10)15/h7-8,10-11H,3-6,9,15H2,1-2H3,(H,16,18). The van der Waals surface area contributed by atoms with Crippen LogP contribution in [0.25, 0.3) is 0 Å². The first-order valence-electron chi connectivity index (χ1n) is 7.13. The second-order valence-electron chi connectivity index (χ2n) is 5.59. The Morgan fingerprint density at radius 2 is 2.10 bits per heavy atom. The molecule has 1 aliphatic carbocycles. The van der Waals surface area contributed by atoms with Crippen LogP contribution in [-0.4, -0.2) is 47.7 Å². The first kappa shape index (κ1) is 14.7. The van der Waals surface area contributed by atoms with Gasteiger partial charge < -0.3 is 16.0 Å².